The molecule has 2 aromatic carbocycles. The number of rotatable bonds is 7. The Morgan fingerprint density at radius 3 is 2.57 bits per heavy atom. The predicted octanol–water partition coefficient (Wildman–Crippen LogP) is 3.45. The molecule has 0 saturated heterocycles. The van der Waals surface area contributed by atoms with Gasteiger partial charge in [-0.25, -0.2) is 9.78 Å². The second-order valence-corrected chi connectivity index (χ2v) is 6.29. The lowest BCUT2D eigenvalue weighted by Crippen LogP contribution is -2.36. The van der Waals surface area contributed by atoms with Crippen molar-refractivity contribution in [2.75, 3.05) is 14.2 Å². The highest BCUT2D eigenvalue weighted by Gasteiger charge is 2.14. The van der Waals surface area contributed by atoms with Crippen LogP contribution in [0.1, 0.15) is 24.1 Å². The van der Waals surface area contributed by atoms with Gasteiger partial charge in [0.25, 0.3) is 0 Å². The number of hydrogen-bond donors (Lipinski definition) is 2. The minimum absolute atomic E-state index is 0.218. The van der Waals surface area contributed by atoms with E-state index in [0.717, 1.165) is 16.8 Å². The van der Waals surface area contributed by atoms with Gasteiger partial charge >= 0.3 is 6.03 Å². The normalized spacial score (nSPS) is 11.5. The number of aromatic nitrogens is 2. The summed E-state index contributed by atoms with van der Waals surface area (Å²) in [6, 6.07) is 13.0. The van der Waals surface area contributed by atoms with E-state index < -0.39 is 0 Å². The molecule has 3 aromatic rings. The van der Waals surface area contributed by atoms with Crippen molar-refractivity contribution in [3.8, 4) is 17.2 Å². The van der Waals surface area contributed by atoms with Gasteiger partial charge in [0.15, 0.2) is 0 Å². The van der Waals surface area contributed by atoms with Crippen LogP contribution in [0.3, 0.4) is 0 Å². The molecular formula is C21H24N4O3. The Morgan fingerprint density at radius 1 is 1.14 bits per heavy atom. The van der Waals surface area contributed by atoms with Gasteiger partial charge in [-0.05, 0) is 36.8 Å². The predicted molar refractivity (Wildman–Crippen MR) is 107 cm³/mol. The fourth-order valence-corrected chi connectivity index (χ4v) is 2.88. The van der Waals surface area contributed by atoms with Crippen LogP contribution in [-0.4, -0.2) is 29.8 Å². The first-order valence-corrected chi connectivity index (χ1v) is 8.94. The van der Waals surface area contributed by atoms with Crippen molar-refractivity contribution in [3.63, 3.8) is 0 Å². The molecule has 1 aromatic heterocycles. The van der Waals surface area contributed by atoms with Crippen LogP contribution in [0, 0.1) is 0 Å². The smallest absolute Gasteiger partial charge is 0.315 e. The molecule has 0 spiro atoms. The molecule has 28 heavy (non-hydrogen) atoms. The molecule has 0 bridgehead atoms. The minimum Gasteiger partial charge on any atom is -0.497 e. The van der Waals surface area contributed by atoms with E-state index in [4.69, 9.17) is 9.47 Å². The molecule has 1 unspecified atom stereocenters. The van der Waals surface area contributed by atoms with E-state index in [2.05, 4.69) is 15.6 Å². The van der Waals surface area contributed by atoms with Gasteiger partial charge in [0.05, 0.1) is 26.6 Å². The molecule has 1 atom stereocenters. The van der Waals surface area contributed by atoms with Crippen molar-refractivity contribution in [1.82, 2.24) is 20.2 Å². The van der Waals surface area contributed by atoms with Crippen LogP contribution in [0.2, 0.25) is 0 Å². The maximum absolute atomic E-state index is 12.3. The molecule has 1 heterocycles. The number of carbonyl (C=O) groups is 1. The third kappa shape index (κ3) is 4.62. The summed E-state index contributed by atoms with van der Waals surface area (Å²) in [4.78, 5) is 16.3. The van der Waals surface area contributed by atoms with Crippen LogP contribution in [-0.2, 0) is 6.54 Å². The number of benzene rings is 2. The summed E-state index contributed by atoms with van der Waals surface area (Å²) in [6.45, 7) is 2.34. The third-order valence-electron chi connectivity index (χ3n) is 4.45. The summed E-state index contributed by atoms with van der Waals surface area (Å²) in [5.41, 5.74) is 2.91. The zero-order valence-electron chi connectivity index (χ0n) is 16.2. The van der Waals surface area contributed by atoms with Gasteiger partial charge in [-0.2, -0.15) is 0 Å². The van der Waals surface area contributed by atoms with Crippen molar-refractivity contribution in [3.05, 3.63) is 72.3 Å². The van der Waals surface area contributed by atoms with Gasteiger partial charge in [0.1, 0.15) is 11.5 Å². The second kappa shape index (κ2) is 8.94. The Morgan fingerprint density at radius 2 is 1.93 bits per heavy atom. The molecule has 7 nitrogen and oxygen atoms in total. The molecule has 0 aliphatic rings. The zero-order chi connectivity index (χ0) is 19.9. The fraction of sp³-hybridized carbons (Fsp3) is 0.238. The Bertz CT molecular complexity index is 908. The highest BCUT2D eigenvalue weighted by atomic mass is 16.5. The van der Waals surface area contributed by atoms with E-state index >= 15 is 0 Å². The number of hydrogen-bond acceptors (Lipinski definition) is 4. The van der Waals surface area contributed by atoms with Gasteiger partial charge in [-0.15, -0.1) is 0 Å². The van der Waals surface area contributed by atoms with E-state index in [1.165, 1.54) is 0 Å². The number of methoxy groups -OCH3 is 2. The minimum atomic E-state index is -0.246. The average molecular weight is 380 g/mol. The fourth-order valence-electron chi connectivity index (χ4n) is 2.88. The summed E-state index contributed by atoms with van der Waals surface area (Å²) in [5, 5.41) is 5.81. The topological polar surface area (TPSA) is 77.4 Å². The highest BCUT2D eigenvalue weighted by molar-refractivity contribution is 5.74. The van der Waals surface area contributed by atoms with E-state index in [1.807, 2.05) is 54.1 Å². The summed E-state index contributed by atoms with van der Waals surface area (Å²) in [7, 11) is 3.20. The Labute approximate surface area is 164 Å². The molecule has 2 amide bonds. The van der Waals surface area contributed by atoms with Crippen LogP contribution in [0.5, 0.6) is 11.5 Å². The number of amides is 2. The molecule has 0 aliphatic carbocycles. The van der Waals surface area contributed by atoms with Crippen LogP contribution in [0.15, 0.2) is 61.2 Å². The van der Waals surface area contributed by atoms with Crippen molar-refractivity contribution < 1.29 is 14.3 Å². The third-order valence-corrected chi connectivity index (χ3v) is 4.45. The lowest BCUT2D eigenvalue weighted by atomic mass is 10.1. The average Bonchev–Trinajstić information content (AvgIpc) is 3.27. The van der Waals surface area contributed by atoms with E-state index in [0.29, 0.717) is 18.0 Å². The summed E-state index contributed by atoms with van der Waals surface area (Å²) in [6.07, 6.45) is 5.36. The highest BCUT2D eigenvalue weighted by Crippen LogP contribution is 2.29. The Balaban J connectivity index is 1.55. The maximum Gasteiger partial charge on any atom is 0.315 e. The SMILES string of the molecule is COc1ccc(C(C)NC(=O)NCc2ccc(-n3ccnc3)cc2)c(OC)c1. The first-order valence-electron chi connectivity index (χ1n) is 8.94. The number of ether oxygens (including phenoxy) is 2. The Kier molecular flexibility index (Phi) is 6.16. The molecule has 146 valence electrons. The molecule has 0 radical (unpaired) electrons. The maximum atomic E-state index is 12.3. The van der Waals surface area contributed by atoms with Gasteiger partial charge in [0, 0.05) is 36.3 Å². The first kappa shape index (κ1) is 19.3. The lowest BCUT2D eigenvalue weighted by Gasteiger charge is -2.18. The van der Waals surface area contributed by atoms with Crippen molar-refractivity contribution in [1.29, 1.82) is 0 Å². The molecule has 3 rings (SSSR count). The van der Waals surface area contributed by atoms with Gasteiger partial charge < -0.3 is 24.7 Å². The second-order valence-electron chi connectivity index (χ2n) is 6.29. The molecule has 7 heteroatoms. The van der Waals surface area contributed by atoms with Crippen LogP contribution in [0.4, 0.5) is 4.79 Å². The first-order chi connectivity index (χ1) is 13.6. The Hall–Kier alpha value is -3.48. The van der Waals surface area contributed by atoms with E-state index in [-0.39, 0.29) is 12.1 Å². The molecule has 0 fully saturated rings. The molecule has 2 N–H and O–H groups in total. The number of carbonyl (C=O) groups excluding carboxylic acids is 1. The molecule has 0 aliphatic heterocycles. The summed E-state index contributed by atoms with van der Waals surface area (Å²) < 4.78 is 12.5. The van der Waals surface area contributed by atoms with Crippen LogP contribution in [0.25, 0.3) is 5.69 Å². The van der Waals surface area contributed by atoms with Crippen LogP contribution < -0.4 is 20.1 Å². The number of nitrogens with one attached hydrogen (secondary N) is 2. The monoisotopic (exact) mass is 380 g/mol. The zero-order valence-corrected chi connectivity index (χ0v) is 16.2. The number of urea groups is 1. The summed E-state index contributed by atoms with van der Waals surface area (Å²) >= 11 is 0. The lowest BCUT2D eigenvalue weighted by molar-refractivity contribution is 0.237. The largest absolute Gasteiger partial charge is 0.497 e. The summed E-state index contributed by atoms with van der Waals surface area (Å²) in [5.74, 6) is 1.37. The number of nitrogens with zero attached hydrogens (tertiary/aromatic N) is 2. The van der Waals surface area contributed by atoms with Gasteiger partial charge in [0.2, 0.25) is 0 Å². The van der Waals surface area contributed by atoms with E-state index in [9.17, 15) is 4.79 Å². The van der Waals surface area contributed by atoms with E-state index in [1.54, 1.807) is 32.8 Å². The molecular weight excluding hydrogens is 356 g/mol. The van der Waals surface area contributed by atoms with Crippen molar-refractivity contribution in [2.45, 2.75) is 19.5 Å². The van der Waals surface area contributed by atoms with Gasteiger partial charge in [-0.1, -0.05) is 12.1 Å². The van der Waals surface area contributed by atoms with Gasteiger partial charge in [-0.3, -0.25) is 0 Å². The quantitative estimate of drug-likeness (QED) is 0.658. The van der Waals surface area contributed by atoms with Crippen molar-refractivity contribution in [2.24, 2.45) is 0 Å². The van der Waals surface area contributed by atoms with Crippen molar-refractivity contribution >= 4 is 6.03 Å². The number of imidazole rings is 1. The van der Waals surface area contributed by atoms with Crippen LogP contribution >= 0.6 is 0 Å². The molecule has 0 saturated carbocycles. The standard InChI is InChI=1S/C21H24N4O3/c1-15(19-9-8-18(27-2)12-20(19)28-3)24-21(26)23-13-16-4-6-17(7-5-16)25-11-10-22-14-25/h4-12,14-15H,13H2,1-3H3,(H2,23,24,26).